The van der Waals surface area contributed by atoms with Crippen LogP contribution in [-0.2, 0) is 0 Å². The summed E-state index contributed by atoms with van der Waals surface area (Å²) in [6, 6.07) is 7.12. The number of nitro benzene ring substituents is 1. The van der Waals surface area contributed by atoms with E-state index in [2.05, 4.69) is 10.3 Å². The Balaban J connectivity index is 2.27. The predicted octanol–water partition coefficient (Wildman–Crippen LogP) is 3.86. The number of anilines is 1. The molecule has 0 radical (unpaired) electrons. The van der Waals surface area contributed by atoms with Gasteiger partial charge in [0, 0.05) is 22.9 Å². The van der Waals surface area contributed by atoms with Crippen molar-refractivity contribution >= 4 is 40.5 Å². The van der Waals surface area contributed by atoms with E-state index in [1.165, 1.54) is 18.2 Å². The molecule has 0 saturated carbocycles. The highest BCUT2D eigenvalue weighted by atomic mass is 35.5. The summed E-state index contributed by atoms with van der Waals surface area (Å²) in [5.74, 6) is -0.487. The second-order valence-corrected chi connectivity index (χ2v) is 4.99. The Bertz CT molecular complexity index is 714. The predicted molar refractivity (Wildman–Crippen MR) is 80.0 cm³/mol. The highest BCUT2D eigenvalue weighted by Gasteiger charge is 2.14. The summed E-state index contributed by atoms with van der Waals surface area (Å²) in [5, 5.41) is 13.6. The first-order chi connectivity index (χ1) is 9.86. The van der Waals surface area contributed by atoms with Crippen LogP contribution in [0.15, 0.2) is 30.3 Å². The van der Waals surface area contributed by atoms with Gasteiger partial charge in [0.2, 0.25) is 0 Å². The Labute approximate surface area is 129 Å². The minimum absolute atomic E-state index is 0.0707. The van der Waals surface area contributed by atoms with Crippen LogP contribution < -0.4 is 5.32 Å². The van der Waals surface area contributed by atoms with Crippen molar-refractivity contribution in [3.8, 4) is 0 Å². The standard InChI is InChI=1S/C13H9Cl2N3O3/c1-7-2-3-9(6-10(7)18(20)21)16-13(19)8-4-11(14)17-12(15)5-8/h2-6H,1H3,(H,16,19). The van der Waals surface area contributed by atoms with Crippen molar-refractivity contribution in [1.29, 1.82) is 0 Å². The maximum Gasteiger partial charge on any atom is 0.274 e. The molecule has 1 aromatic carbocycles. The third-order valence-corrected chi connectivity index (χ3v) is 3.08. The molecule has 2 rings (SSSR count). The number of pyridine rings is 1. The van der Waals surface area contributed by atoms with E-state index in [4.69, 9.17) is 23.2 Å². The molecule has 21 heavy (non-hydrogen) atoms. The van der Waals surface area contributed by atoms with Crippen molar-refractivity contribution in [2.24, 2.45) is 0 Å². The van der Waals surface area contributed by atoms with E-state index in [1.54, 1.807) is 19.1 Å². The lowest BCUT2D eigenvalue weighted by Gasteiger charge is -2.07. The number of nitrogens with one attached hydrogen (secondary N) is 1. The lowest BCUT2D eigenvalue weighted by molar-refractivity contribution is -0.385. The van der Waals surface area contributed by atoms with E-state index in [0.29, 0.717) is 11.3 Å². The maximum absolute atomic E-state index is 12.1. The molecule has 8 heteroatoms. The van der Waals surface area contributed by atoms with Gasteiger partial charge in [-0.15, -0.1) is 0 Å². The number of amides is 1. The van der Waals surface area contributed by atoms with Gasteiger partial charge in [-0.05, 0) is 25.1 Å². The number of rotatable bonds is 3. The average Bonchev–Trinajstić information content (AvgIpc) is 2.39. The summed E-state index contributed by atoms with van der Waals surface area (Å²) in [7, 11) is 0. The molecule has 1 N–H and O–H groups in total. The number of hydrogen-bond donors (Lipinski definition) is 1. The van der Waals surface area contributed by atoms with Crippen LogP contribution in [0.5, 0.6) is 0 Å². The van der Waals surface area contributed by atoms with Crippen LogP contribution in [0.2, 0.25) is 10.3 Å². The van der Waals surface area contributed by atoms with Gasteiger partial charge in [-0.1, -0.05) is 29.3 Å². The lowest BCUT2D eigenvalue weighted by Crippen LogP contribution is -2.12. The van der Waals surface area contributed by atoms with Gasteiger partial charge in [-0.3, -0.25) is 14.9 Å². The van der Waals surface area contributed by atoms with Crippen LogP contribution >= 0.6 is 23.2 Å². The minimum atomic E-state index is -0.509. The van der Waals surface area contributed by atoms with Crippen molar-refractivity contribution < 1.29 is 9.72 Å². The summed E-state index contributed by atoms with van der Waals surface area (Å²) in [5.41, 5.74) is 0.955. The summed E-state index contributed by atoms with van der Waals surface area (Å²) >= 11 is 11.4. The minimum Gasteiger partial charge on any atom is -0.322 e. The van der Waals surface area contributed by atoms with E-state index in [1.807, 2.05) is 0 Å². The number of hydrogen-bond acceptors (Lipinski definition) is 4. The lowest BCUT2D eigenvalue weighted by atomic mass is 10.1. The van der Waals surface area contributed by atoms with Crippen molar-refractivity contribution in [3.63, 3.8) is 0 Å². The number of nitro groups is 1. The van der Waals surface area contributed by atoms with Crippen LogP contribution in [0.4, 0.5) is 11.4 Å². The number of halogens is 2. The Morgan fingerprint density at radius 3 is 2.43 bits per heavy atom. The van der Waals surface area contributed by atoms with Gasteiger partial charge in [-0.25, -0.2) is 4.98 Å². The number of aryl methyl sites for hydroxylation is 1. The quantitative estimate of drug-likeness (QED) is 0.527. The molecule has 0 spiro atoms. The van der Waals surface area contributed by atoms with Crippen molar-refractivity contribution in [2.75, 3.05) is 5.32 Å². The van der Waals surface area contributed by atoms with E-state index < -0.39 is 10.8 Å². The van der Waals surface area contributed by atoms with Gasteiger partial charge in [0.05, 0.1) is 4.92 Å². The number of carbonyl (C=O) groups is 1. The molecule has 2 aromatic rings. The van der Waals surface area contributed by atoms with E-state index in [-0.39, 0.29) is 21.6 Å². The molecular weight excluding hydrogens is 317 g/mol. The Morgan fingerprint density at radius 2 is 1.86 bits per heavy atom. The van der Waals surface area contributed by atoms with E-state index >= 15 is 0 Å². The normalized spacial score (nSPS) is 10.2. The van der Waals surface area contributed by atoms with Crippen molar-refractivity contribution in [3.05, 3.63) is 61.9 Å². The molecule has 0 atom stereocenters. The fourth-order valence-electron chi connectivity index (χ4n) is 1.68. The smallest absolute Gasteiger partial charge is 0.274 e. The fourth-order valence-corrected chi connectivity index (χ4v) is 2.14. The molecule has 0 unspecified atom stereocenters. The second kappa shape index (κ2) is 6.07. The number of carbonyl (C=O) groups excluding carboxylic acids is 1. The first-order valence-electron chi connectivity index (χ1n) is 5.76. The van der Waals surface area contributed by atoms with Crippen LogP contribution in [0.25, 0.3) is 0 Å². The third-order valence-electron chi connectivity index (χ3n) is 2.69. The molecule has 1 amide bonds. The molecule has 0 aliphatic carbocycles. The van der Waals surface area contributed by atoms with Gasteiger partial charge < -0.3 is 5.32 Å². The molecule has 0 saturated heterocycles. The summed E-state index contributed by atoms with van der Waals surface area (Å²) in [6.45, 7) is 1.62. The van der Waals surface area contributed by atoms with Gasteiger partial charge in [0.15, 0.2) is 0 Å². The van der Waals surface area contributed by atoms with Gasteiger partial charge >= 0.3 is 0 Å². The van der Waals surface area contributed by atoms with Gasteiger partial charge in [0.1, 0.15) is 10.3 Å². The summed E-state index contributed by atoms with van der Waals surface area (Å²) < 4.78 is 0. The van der Waals surface area contributed by atoms with Crippen LogP contribution in [0.3, 0.4) is 0 Å². The highest BCUT2D eigenvalue weighted by Crippen LogP contribution is 2.23. The summed E-state index contributed by atoms with van der Waals surface area (Å²) in [4.78, 5) is 26.2. The molecular formula is C13H9Cl2N3O3. The first kappa shape index (κ1) is 15.2. The molecule has 6 nitrogen and oxygen atoms in total. The topological polar surface area (TPSA) is 85.1 Å². The van der Waals surface area contributed by atoms with E-state index in [0.717, 1.165) is 0 Å². The van der Waals surface area contributed by atoms with Crippen LogP contribution in [-0.4, -0.2) is 15.8 Å². The van der Waals surface area contributed by atoms with E-state index in [9.17, 15) is 14.9 Å². The fraction of sp³-hybridized carbons (Fsp3) is 0.0769. The maximum atomic E-state index is 12.1. The van der Waals surface area contributed by atoms with Gasteiger partial charge in [-0.2, -0.15) is 0 Å². The highest BCUT2D eigenvalue weighted by molar-refractivity contribution is 6.33. The zero-order valence-corrected chi connectivity index (χ0v) is 12.3. The molecule has 0 aliphatic rings. The first-order valence-corrected chi connectivity index (χ1v) is 6.52. The average molecular weight is 326 g/mol. The largest absolute Gasteiger partial charge is 0.322 e. The second-order valence-electron chi connectivity index (χ2n) is 4.21. The molecule has 1 aromatic heterocycles. The number of nitrogens with zero attached hydrogens (tertiary/aromatic N) is 2. The molecule has 108 valence electrons. The van der Waals surface area contributed by atoms with Crippen molar-refractivity contribution in [1.82, 2.24) is 4.98 Å². The Morgan fingerprint density at radius 1 is 1.24 bits per heavy atom. The van der Waals surface area contributed by atoms with Crippen LogP contribution in [0.1, 0.15) is 15.9 Å². The van der Waals surface area contributed by atoms with Gasteiger partial charge in [0.25, 0.3) is 11.6 Å². The SMILES string of the molecule is Cc1ccc(NC(=O)c2cc(Cl)nc(Cl)c2)cc1[N+](=O)[O-]. The Hall–Kier alpha value is -2.18. The zero-order valence-electron chi connectivity index (χ0n) is 10.8. The van der Waals surface area contributed by atoms with Crippen molar-refractivity contribution in [2.45, 2.75) is 6.92 Å². The molecule has 0 fully saturated rings. The Kier molecular flexibility index (Phi) is 4.40. The zero-order chi connectivity index (χ0) is 15.6. The molecule has 1 heterocycles. The third kappa shape index (κ3) is 3.68. The monoisotopic (exact) mass is 325 g/mol. The summed E-state index contributed by atoms with van der Waals surface area (Å²) in [6.07, 6.45) is 0. The van der Waals surface area contributed by atoms with Crippen LogP contribution in [0, 0.1) is 17.0 Å². The number of benzene rings is 1. The molecule has 0 bridgehead atoms. The molecule has 0 aliphatic heterocycles. The number of aromatic nitrogens is 1.